The number of carbonyl (C=O) groups is 2. The molecule has 154 valence electrons. The van der Waals surface area contributed by atoms with Gasteiger partial charge in [-0.15, -0.1) is 0 Å². The molecule has 5 nitrogen and oxygen atoms in total. The highest BCUT2D eigenvalue weighted by Crippen LogP contribution is 2.23. The molecule has 1 aromatic carbocycles. The van der Waals surface area contributed by atoms with E-state index in [1.54, 1.807) is 0 Å². The lowest BCUT2D eigenvalue weighted by Crippen LogP contribution is -2.31. The minimum Gasteiger partial charge on any atom is -0.352 e. The van der Waals surface area contributed by atoms with Crippen molar-refractivity contribution in [2.75, 3.05) is 26.2 Å². The Bertz CT molecular complexity index is 617. The number of nitrogens with zero attached hydrogens (tertiary/aromatic N) is 1. The van der Waals surface area contributed by atoms with Crippen molar-refractivity contribution < 1.29 is 9.59 Å². The van der Waals surface area contributed by atoms with Crippen LogP contribution >= 0.6 is 0 Å². The van der Waals surface area contributed by atoms with Crippen LogP contribution in [0.4, 0.5) is 0 Å². The number of unbranched alkanes of at least 4 members (excludes halogenated alkanes) is 1. The Balaban J connectivity index is 1.32. The van der Waals surface area contributed by atoms with E-state index in [-0.39, 0.29) is 17.7 Å². The molecule has 0 radical (unpaired) electrons. The van der Waals surface area contributed by atoms with Crippen molar-refractivity contribution in [3.05, 3.63) is 35.4 Å². The van der Waals surface area contributed by atoms with Gasteiger partial charge in [0.05, 0.1) is 0 Å². The lowest BCUT2D eigenvalue weighted by Gasteiger charge is -2.20. The number of nitrogens with one attached hydrogen (secondary N) is 2. The molecule has 1 saturated carbocycles. The molecule has 0 atom stereocenters. The van der Waals surface area contributed by atoms with Gasteiger partial charge in [0.2, 0.25) is 5.91 Å². The average Bonchev–Trinajstić information content (AvgIpc) is 3.26. The number of rotatable bonds is 9. The van der Waals surface area contributed by atoms with E-state index in [2.05, 4.69) is 15.5 Å². The summed E-state index contributed by atoms with van der Waals surface area (Å²) in [5, 5.41) is 6.06. The molecule has 28 heavy (non-hydrogen) atoms. The average molecular weight is 386 g/mol. The van der Waals surface area contributed by atoms with E-state index in [0.29, 0.717) is 12.1 Å². The van der Waals surface area contributed by atoms with E-state index in [4.69, 9.17) is 0 Å². The standard InChI is InChI=1S/C23H35N3O2/c27-22(24-14-4-5-15-26-16-6-7-17-26)21-12-10-19(11-13-21)18-25-23(28)20-8-2-1-3-9-20/h10-13,20H,1-9,14-18H2,(H,24,27)(H,25,28). The zero-order valence-corrected chi connectivity index (χ0v) is 17.0. The maximum absolute atomic E-state index is 12.3. The summed E-state index contributed by atoms with van der Waals surface area (Å²) in [6, 6.07) is 7.57. The third-order valence-electron chi connectivity index (χ3n) is 6.04. The van der Waals surface area contributed by atoms with E-state index in [1.807, 2.05) is 24.3 Å². The van der Waals surface area contributed by atoms with Gasteiger partial charge in [-0.1, -0.05) is 31.4 Å². The molecule has 2 N–H and O–H groups in total. The van der Waals surface area contributed by atoms with Gasteiger partial charge in [-0.05, 0) is 75.9 Å². The summed E-state index contributed by atoms with van der Waals surface area (Å²) in [6.45, 7) is 4.89. The zero-order chi connectivity index (χ0) is 19.6. The monoisotopic (exact) mass is 385 g/mol. The predicted octanol–water partition coefficient (Wildman–Crippen LogP) is 3.49. The molecule has 0 aromatic heterocycles. The van der Waals surface area contributed by atoms with Crippen LogP contribution in [0.5, 0.6) is 0 Å². The highest BCUT2D eigenvalue weighted by Gasteiger charge is 2.20. The van der Waals surface area contributed by atoms with Gasteiger partial charge in [0.1, 0.15) is 0 Å². The maximum Gasteiger partial charge on any atom is 0.251 e. The van der Waals surface area contributed by atoms with Crippen LogP contribution in [-0.2, 0) is 11.3 Å². The van der Waals surface area contributed by atoms with Crippen molar-refractivity contribution in [2.45, 2.75) is 64.3 Å². The summed E-state index contributed by atoms with van der Waals surface area (Å²) in [5.74, 6) is 0.346. The molecule has 1 aromatic rings. The van der Waals surface area contributed by atoms with Crippen LogP contribution in [0.2, 0.25) is 0 Å². The fraction of sp³-hybridized carbons (Fsp3) is 0.652. The van der Waals surface area contributed by atoms with Crippen molar-refractivity contribution in [1.29, 1.82) is 0 Å². The van der Waals surface area contributed by atoms with Crippen LogP contribution in [0, 0.1) is 5.92 Å². The molecule has 1 aliphatic carbocycles. The molecule has 2 amide bonds. The van der Waals surface area contributed by atoms with Gasteiger partial charge < -0.3 is 15.5 Å². The fourth-order valence-electron chi connectivity index (χ4n) is 4.24. The Morgan fingerprint density at radius 2 is 1.61 bits per heavy atom. The molecule has 3 rings (SSSR count). The highest BCUT2D eigenvalue weighted by molar-refractivity contribution is 5.94. The minimum absolute atomic E-state index is 0.0148. The number of amides is 2. The van der Waals surface area contributed by atoms with Crippen LogP contribution in [0.3, 0.4) is 0 Å². The zero-order valence-electron chi connectivity index (χ0n) is 17.0. The van der Waals surface area contributed by atoms with E-state index in [0.717, 1.165) is 44.3 Å². The smallest absolute Gasteiger partial charge is 0.251 e. The molecule has 2 fully saturated rings. The quantitative estimate of drug-likeness (QED) is 0.640. The van der Waals surface area contributed by atoms with Crippen molar-refractivity contribution in [3.63, 3.8) is 0 Å². The van der Waals surface area contributed by atoms with Crippen LogP contribution in [0.1, 0.15) is 73.7 Å². The lowest BCUT2D eigenvalue weighted by molar-refractivity contribution is -0.126. The van der Waals surface area contributed by atoms with E-state index < -0.39 is 0 Å². The second-order valence-electron chi connectivity index (χ2n) is 8.26. The van der Waals surface area contributed by atoms with Crippen LogP contribution in [-0.4, -0.2) is 42.9 Å². The molecule has 0 spiro atoms. The Morgan fingerprint density at radius 1 is 0.893 bits per heavy atom. The van der Waals surface area contributed by atoms with Gasteiger partial charge in [0, 0.05) is 24.6 Å². The van der Waals surface area contributed by atoms with Gasteiger partial charge in [0.15, 0.2) is 0 Å². The number of hydrogen-bond acceptors (Lipinski definition) is 3. The molecular formula is C23H35N3O2. The molecule has 0 bridgehead atoms. The first-order valence-electron chi connectivity index (χ1n) is 11.1. The van der Waals surface area contributed by atoms with Gasteiger partial charge in [-0.3, -0.25) is 9.59 Å². The highest BCUT2D eigenvalue weighted by atomic mass is 16.2. The Labute approximate surface area is 169 Å². The van der Waals surface area contributed by atoms with Crippen LogP contribution < -0.4 is 10.6 Å². The summed E-state index contributed by atoms with van der Waals surface area (Å²) in [4.78, 5) is 27.0. The third kappa shape index (κ3) is 6.62. The van der Waals surface area contributed by atoms with E-state index in [1.165, 1.54) is 45.2 Å². The maximum atomic E-state index is 12.3. The largest absolute Gasteiger partial charge is 0.352 e. The molecule has 1 aliphatic heterocycles. The first-order valence-corrected chi connectivity index (χ1v) is 11.1. The van der Waals surface area contributed by atoms with Crippen molar-refractivity contribution in [2.24, 2.45) is 5.92 Å². The van der Waals surface area contributed by atoms with E-state index in [9.17, 15) is 9.59 Å². The molecule has 1 heterocycles. The SMILES string of the molecule is O=C(NCCCCN1CCCC1)c1ccc(CNC(=O)C2CCCCC2)cc1. The fourth-order valence-corrected chi connectivity index (χ4v) is 4.24. The summed E-state index contributed by atoms with van der Waals surface area (Å²) in [6.07, 6.45) is 10.4. The number of carbonyl (C=O) groups excluding carboxylic acids is 2. The topological polar surface area (TPSA) is 61.4 Å². The van der Waals surface area contributed by atoms with Crippen LogP contribution in [0.15, 0.2) is 24.3 Å². The minimum atomic E-state index is -0.0148. The normalized spacial score (nSPS) is 18.1. The van der Waals surface area contributed by atoms with Gasteiger partial charge >= 0.3 is 0 Å². The molecular weight excluding hydrogens is 350 g/mol. The van der Waals surface area contributed by atoms with Crippen molar-refractivity contribution >= 4 is 11.8 Å². The first kappa shape index (κ1) is 20.8. The third-order valence-corrected chi connectivity index (χ3v) is 6.04. The second kappa shape index (κ2) is 11.2. The predicted molar refractivity (Wildman–Crippen MR) is 112 cm³/mol. The van der Waals surface area contributed by atoms with Crippen molar-refractivity contribution in [3.8, 4) is 0 Å². The van der Waals surface area contributed by atoms with Gasteiger partial charge in [0.25, 0.3) is 5.91 Å². The van der Waals surface area contributed by atoms with E-state index >= 15 is 0 Å². The van der Waals surface area contributed by atoms with Crippen molar-refractivity contribution in [1.82, 2.24) is 15.5 Å². The van der Waals surface area contributed by atoms with Gasteiger partial charge in [-0.2, -0.15) is 0 Å². The summed E-state index contributed by atoms with van der Waals surface area (Å²) < 4.78 is 0. The Kier molecular flexibility index (Phi) is 8.34. The molecule has 2 aliphatic rings. The van der Waals surface area contributed by atoms with Gasteiger partial charge in [-0.25, -0.2) is 0 Å². The number of benzene rings is 1. The summed E-state index contributed by atoms with van der Waals surface area (Å²) in [5.41, 5.74) is 1.72. The molecule has 1 saturated heterocycles. The molecule has 5 heteroatoms. The lowest BCUT2D eigenvalue weighted by atomic mass is 9.88. The second-order valence-corrected chi connectivity index (χ2v) is 8.26. The van der Waals surface area contributed by atoms with Crippen LogP contribution in [0.25, 0.3) is 0 Å². The summed E-state index contributed by atoms with van der Waals surface area (Å²) in [7, 11) is 0. The molecule has 0 unspecified atom stereocenters. The first-order chi connectivity index (χ1) is 13.7. The number of hydrogen-bond donors (Lipinski definition) is 2. The Morgan fingerprint density at radius 3 is 2.32 bits per heavy atom. The number of likely N-dealkylation sites (tertiary alicyclic amines) is 1. The Hall–Kier alpha value is -1.88. The summed E-state index contributed by atoms with van der Waals surface area (Å²) >= 11 is 0.